The molecule has 20 heavy (non-hydrogen) atoms. The van der Waals surface area contributed by atoms with Crippen LogP contribution in [0.15, 0.2) is 29.2 Å². The van der Waals surface area contributed by atoms with Crippen molar-refractivity contribution < 1.29 is 18.5 Å². The summed E-state index contributed by atoms with van der Waals surface area (Å²) >= 11 is 1.35. The number of aryl methyl sites for hydroxylation is 1. The fraction of sp³-hybridized carbons (Fsp3) is 0.533. The average Bonchev–Trinajstić information content (AvgIpc) is 2.41. The molecule has 1 aromatic rings. The second kappa shape index (κ2) is 7.67. The van der Waals surface area contributed by atoms with Gasteiger partial charge in [0, 0.05) is 36.7 Å². The zero-order valence-electron chi connectivity index (χ0n) is 11.8. The van der Waals surface area contributed by atoms with Crippen LogP contribution in [-0.4, -0.2) is 31.4 Å². The molecule has 0 spiro atoms. The highest BCUT2D eigenvalue weighted by atomic mass is 32.2. The third-order valence-corrected chi connectivity index (χ3v) is 3.80. The predicted octanol–water partition coefficient (Wildman–Crippen LogP) is 3.13. The number of hydrogen-bond donors (Lipinski definition) is 0. The van der Waals surface area contributed by atoms with Gasteiger partial charge in [0.2, 0.25) is 0 Å². The van der Waals surface area contributed by atoms with Crippen LogP contribution in [0.1, 0.15) is 25.3 Å². The highest BCUT2D eigenvalue weighted by Gasteiger charge is 2.24. The Kier molecular flexibility index (Phi) is 5.88. The Morgan fingerprint density at radius 3 is 2.85 bits per heavy atom. The van der Waals surface area contributed by atoms with Crippen LogP contribution in [0.25, 0.3) is 0 Å². The minimum absolute atomic E-state index is 0.00829. The van der Waals surface area contributed by atoms with Crippen molar-refractivity contribution in [3.63, 3.8) is 0 Å². The maximum Gasteiger partial charge on any atom is 0.302 e. The predicted molar refractivity (Wildman–Crippen MR) is 77.5 cm³/mol. The second-order valence-corrected chi connectivity index (χ2v) is 5.80. The number of hydrogen-bond acceptors (Lipinski definition) is 5. The van der Waals surface area contributed by atoms with Gasteiger partial charge < -0.3 is 13.7 Å². The number of carbonyl (C=O) groups is 1. The lowest BCUT2D eigenvalue weighted by atomic mass is 10.1. The Bertz CT molecular complexity index is 432. The molecule has 1 aliphatic rings. The van der Waals surface area contributed by atoms with Crippen molar-refractivity contribution in [1.82, 2.24) is 0 Å². The molecule has 0 saturated carbocycles. The lowest BCUT2D eigenvalue weighted by Crippen LogP contribution is -2.34. The van der Waals surface area contributed by atoms with E-state index in [1.165, 1.54) is 24.5 Å². The van der Waals surface area contributed by atoms with Crippen molar-refractivity contribution in [3.8, 4) is 0 Å². The topological polar surface area (TPSA) is 44.8 Å². The number of benzene rings is 1. The van der Waals surface area contributed by atoms with Gasteiger partial charge in [-0.25, -0.2) is 0 Å². The zero-order chi connectivity index (χ0) is 14.4. The van der Waals surface area contributed by atoms with Crippen molar-refractivity contribution >= 4 is 18.0 Å². The smallest absolute Gasteiger partial charge is 0.302 e. The summed E-state index contributed by atoms with van der Waals surface area (Å²) in [5, 5.41) is 0. The molecular weight excluding hydrogens is 276 g/mol. The number of rotatable bonds is 5. The molecule has 0 radical (unpaired) electrons. The van der Waals surface area contributed by atoms with Gasteiger partial charge in [0.15, 0.2) is 0 Å². The standard InChI is InChI=1S/C15H20O4S/c1-11-3-5-15(6-4-11)20-18-10-14-9-13(7-8-17-14)19-12(2)16/h3-6,13-14H,7-10H2,1-2H3. The van der Waals surface area contributed by atoms with E-state index >= 15 is 0 Å². The summed E-state index contributed by atoms with van der Waals surface area (Å²) < 4.78 is 16.4. The first-order valence-corrected chi connectivity index (χ1v) is 7.52. The molecule has 2 rings (SSSR count). The number of carbonyl (C=O) groups excluding carboxylic acids is 1. The van der Waals surface area contributed by atoms with Crippen molar-refractivity contribution in [2.75, 3.05) is 13.2 Å². The van der Waals surface area contributed by atoms with Gasteiger partial charge in [-0.3, -0.25) is 4.79 Å². The Balaban J connectivity index is 1.70. The Labute approximate surface area is 124 Å². The molecule has 0 bridgehead atoms. The van der Waals surface area contributed by atoms with Gasteiger partial charge in [-0.05, 0) is 19.1 Å². The average molecular weight is 296 g/mol. The summed E-state index contributed by atoms with van der Waals surface area (Å²) in [7, 11) is 0. The van der Waals surface area contributed by atoms with Crippen LogP contribution in [0.5, 0.6) is 0 Å². The molecule has 4 nitrogen and oxygen atoms in total. The van der Waals surface area contributed by atoms with Crippen molar-refractivity contribution in [3.05, 3.63) is 29.8 Å². The molecule has 0 amide bonds. The molecule has 1 saturated heterocycles. The molecule has 0 N–H and O–H groups in total. The molecule has 1 aliphatic heterocycles. The molecule has 1 fully saturated rings. The quantitative estimate of drug-likeness (QED) is 0.617. The molecular formula is C15H20O4S. The Morgan fingerprint density at radius 1 is 1.40 bits per heavy atom. The van der Waals surface area contributed by atoms with Crippen LogP contribution >= 0.6 is 12.0 Å². The van der Waals surface area contributed by atoms with Gasteiger partial charge in [0.05, 0.1) is 19.3 Å². The molecule has 5 heteroatoms. The maximum absolute atomic E-state index is 10.9. The first kappa shape index (κ1) is 15.4. The minimum atomic E-state index is -0.231. The summed E-state index contributed by atoms with van der Waals surface area (Å²) in [5.74, 6) is -0.231. The van der Waals surface area contributed by atoms with Gasteiger partial charge in [-0.2, -0.15) is 0 Å². The summed E-state index contributed by atoms with van der Waals surface area (Å²) in [4.78, 5) is 12.0. The van der Waals surface area contributed by atoms with Crippen LogP contribution < -0.4 is 0 Å². The van der Waals surface area contributed by atoms with E-state index in [0.717, 1.165) is 11.3 Å². The van der Waals surface area contributed by atoms with Gasteiger partial charge >= 0.3 is 5.97 Å². The van der Waals surface area contributed by atoms with Crippen molar-refractivity contribution in [1.29, 1.82) is 0 Å². The van der Waals surface area contributed by atoms with E-state index in [4.69, 9.17) is 13.7 Å². The van der Waals surface area contributed by atoms with E-state index in [0.29, 0.717) is 19.6 Å². The normalized spacial score (nSPS) is 22.5. The Hall–Kier alpha value is -1.04. The SMILES string of the molecule is CC(=O)OC1CCOC(COSc2ccc(C)cc2)C1. The minimum Gasteiger partial charge on any atom is -0.462 e. The fourth-order valence-corrected chi connectivity index (χ4v) is 2.68. The summed E-state index contributed by atoms with van der Waals surface area (Å²) in [5.41, 5.74) is 1.23. The van der Waals surface area contributed by atoms with Gasteiger partial charge in [0.25, 0.3) is 0 Å². The first-order valence-electron chi connectivity index (χ1n) is 6.78. The van der Waals surface area contributed by atoms with Crippen molar-refractivity contribution in [2.45, 2.75) is 43.8 Å². The molecule has 1 heterocycles. The van der Waals surface area contributed by atoms with E-state index in [1.54, 1.807) is 0 Å². The van der Waals surface area contributed by atoms with Crippen molar-refractivity contribution in [2.24, 2.45) is 0 Å². The number of esters is 1. The molecule has 1 aromatic carbocycles. The first-order chi connectivity index (χ1) is 9.63. The summed E-state index contributed by atoms with van der Waals surface area (Å²) in [6.45, 7) is 4.60. The largest absolute Gasteiger partial charge is 0.462 e. The van der Waals surface area contributed by atoms with Gasteiger partial charge in [-0.1, -0.05) is 17.7 Å². The van der Waals surface area contributed by atoms with E-state index in [1.807, 2.05) is 12.1 Å². The van der Waals surface area contributed by atoms with Crippen LogP contribution in [0.3, 0.4) is 0 Å². The highest BCUT2D eigenvalue weighted by molar-refractivity contribution is 7.94. The van der Waals surface area contributed by atoms with Crippen LogP contribution in [-0.2, 0) is 18.5 Å². The van der Waals surface area contributed by atoms with E-state index in [9.17, 15) is 4.79 Å². The lowest BCUT2D eigenvalue weighted by molar-refractivity contribution is -0.154. The van der Waals surface area contributed by atoms with E-state index < -0.39 is 0 Å². The third-order valence-electron chi connectivity index (χ3n) is 3.08. The maximum atomic E-state index is 10.9. The van der Waals surface area contributed by atoms with Crippen LogP contribution in [0, 0.1) is 6.92 Å². The van der Waals surface area contributed by atoms with E-state index in [-0.39, 0.29) is 18.2 Å². The number of ether oxygens (including phenoxy) is 2. The molecule has 0 aromatic heterocycles. The monoisotopic (exact) mass is 296 g/mol. The lowest BCUT2D eigenvalue weighted by Gasteiger charge is -2.28. The fourth-order valence-electron chi connectivity index (χ4n) is 2.07. The molecule has 110 valence electrons. The molecule has 2 atom stereocenters. The second-order valence-electron chi connectivity index (χ2n) is 4.93. The summed E-state index contributed by atoms with van der Waals surface area (Å²) in [6, 6.07) is 8.17. The Morgan fingerprint density at radius 2 is 2.15 bits per heavy atom. The van der Waals surface area contributed by atoms with E-state index in [2.05, 4.69) is 19.1 Å². The van der Waals surface area contributed by atoms with Crippen LogP contribution in [0.4, 0.5) is 0 Å². The summed E-state index contributed by atoms with van der Waals surface area (Å²) in [6.07, 6.45) is 1.42. The highest BCUT2D eigenvalue weighted by Crippen LogP contribution is 2.23. The van der Waals surface area contributed by atoms with Crippen LogP contribution in [0.2, 0.25) is 0 Å². The van der Waals surface area contributed by atoms with Gasteiger partial charge in [0.1, 0.15) is 6.10 Å². The molecule has 2 unspecified atom stereocenters. The zero-order valence-corrected chi connectivity index (χ0v) is 12.7. The van der Waals surface area contributed by atoms with Gasteiger partial charge in [-0.15, -0.1) is 0 Å². The third kappa shape index (κ3) is 5.15. The molecule has 0 aliphatic carbocycles.